The number of hydrogen-bond acceptors (Lipinski definition) is 4. The van der Waals surface area contributed by atoms with Crippen LogP contribution in [0, 0.1) is 5.82 Å². The van der Waals surface area contributed by atoms with Gasteiger partial charge in [0.05, 0.1) is 16.9 Å². The summed E-state index contributed by atoms with van der Waals surface area (Å²) < 4.78 is 19.2. The van der Waals surface area contributed by atoms with Gasteiger partial charge in [-0.15, -0.1) is 0 Å². The number of benzene rings is 3. The van der Waals surface area contributed by atoms with Gasteiger partial charge in [0.1, 0.15) is 18.2 Å². The first kappa shape index (κ1) is 22.3. The molecule has 0 unspecified atom stereocenters. The van der Waals surface area contributed by atoms with Crippen LogP contribution in [-0.4, -0.2) is 18.0 Å². The third kappa shape index (κ3) is 6.28. The zero-order chi connectivity index (χ0) is 22.2. The zero-order valence-electron chi connectivity index (χ0n) is 15.9. The molecule has 0 radical (unpaired) electrons. The van der Waals surface area contributed by atoms with E-state index in [1.54, 1.807) is 24.3 Å². The molecule has 0 fully saturated rings. The Hall–Kier alpha value is -3.42. The fourth-order valence-electron chi connectivity index (χ4n) is 2.44. The molecule has 6 nitrogen and oxygen atoms in total. The first-order chi connectivity index (χ1) is 14.9. The normalized spacial score (nSPS) is 10.7. The van der Waals surface area contributed by atoms with E-state index in [-0.39, 0.29) is 12.3 Å². The van der Waals surface area contributed by atoms with Crippen LogP contribution in [0.5, 0.6) is 5.75 Å². The summed E-state index contributed by atoms with van der Waals surface area (Å²) in [7, 11) is 0. The van der Waals surface area contributed by atoms with E-state index >= 15 is 0 Å². The van der Waals surface area contributed by atoms with Gasteiger partial charge in [-0.2, -0.15) is 5.10 Å². The summed E-state index contributed by atoms with van der Waals surface area (Å²) in [5, 5.41) is 6.79. The number of para-hydroxylation sites is 1. The average Bonchev–Trinajstić information content (AvgIpc) is 2.75. The lowest BCUT2D eigenvalue weighted by molar-refractivity contribution is -0.136. The maximum atomic E-state index is 13.5. The van der Waals surface area contributed by atoms with E-state index in [1.165, 1.54) is 24.4 Å². The molecule has 9 heteroatoms. The predicted octanol–water partition coefficient (Wildman–Crippen LogP) is 4.80. The van der Waals surface area contributed by atoms with Gasteiger partial charge in [-0.1, -0.05) is 53.5 Å². The van der Waals surface area contributed by atoms with Crippen molar-refractivity contribution in [1.29, 1.82) is 0 Å². The Kier molecular flexibility index (Phi) is 7.59. The Morgan fingerprint density at radius 3 is 2.45 bits per heavy atom. The quantitative estimate of drug-likeness (QED) is 0.315. The molecule has 0 aliphatic rings. The van der Waals surface area contributed by atoms with Gasteiger partial charge in [-0.05, 0) is 42.0 Å². The highest BCUT2D eigenvalue weighted by atomic mass is 35.5. The number of rotatable bonds is 6. The minimum Gasteiger partial charge on any atom is -0.487 e. The highest BCUT2D eigenvalue weighted by Crippen LogP contribution is 2.27. The Bertz CT molecular complexity index is 1140. The molecular formula is C22H16Cl2FN3O3. The number of halogens is 3. The van der Waals surface area contributed by atoms with E-state index in [9.17, 15) is 14.0 Å². The second-order valence-electron chi connectivity index (χ2n) is 6.20. The minimum absolute atomic E-state index is 0.106. The van der Waals surface area contributed by atoms with Crippen LogP contribution in [0.25, 0.3) is 0 Å². The van der Waals surface area contributed by atoms with E-state index < -0.39 is 17.6 Å². The fraction of sp³-hybridized carbons (Fsp3) is 0.0455. The predicted molar refractivity (Wildman–Crippen MR) is 118 cm³/mol. The highest BCUT2D eigenvalue weighted by molar-refractivity contribution is 6.39. The van der Waals surface area contributed by atoms with Crippen molar-refractivity contribution in [3.05, 3.63) is 93.7 Å². The van der Waals surface area contributed by atoms with Crippen molar-refractivity contribution >= 4 is 46.9 Å². The zero-order valence-corrected chi connectivity index (χ0v) is 17.5. The number of ether oxygens (including phenoxy) is 1. The standard InChI is InChI=1S/C22H16Cl2FN3O3/c23-16-6-2-1-5-15(16)13-31-20-10-9-14(11-17(20)24)12-26-28-22(30)21(29)27-19-8-4-3-7-18(19)25/h1-12H,13H2,(H,27,29)(H,28,30)/b26-12-. The third-order valence-electron chi connectivity index (χ3n) is 4.00. The van der Waals surface area contributed by atoms with Crippen molar-refractivity contribution < 1.29 is 18.7 Å². The van der Waals surface area contributed by atoms with Gasteiger partial charge >= 0.3 is 11.8 Å². The van der Waals surface area contributed by atoms with E-state index in [1.807, 2.05) is 18.2 Å². The van der Waals surface area contributed by atoms with Crippen LogP contribution >= 0.6 is 23.2 Å². The molecule has 0 spiro atoms. The lowest BCUT2D eigenvalue weighted by Crippen LogP contribution is -2.32. The van der Waals surface area contributed by atoms with Crippen LogP contribution in [-0.2, 0) is 16.2 Å². The summed E-state index contributed by atoms with van der Waals surface area (Å²) in [5.74, 6) is -2.31. The van der Waals surface area contributed by atoms with E-state index in [0.717, 1.165) is 11.6 Å². The summed E-state index contributed by atoms with van der Waals surface area (Å²) >= 11 is 12.3. The lowest BCUT2D eigenvalue weighted by atomic mass is 10.2. The monoisotopic (exact) mass is 459 g/mol. The molecule has 3 rings (SSSR count). The summed E-state index contributed by atoms with van der Waals surface area (Å²) in [6, 6.07) is 17.7. The van der Waals surface area contributed by atoms with E-state index in [0.29, 0.717) is 21.4 Å². The van der Waals surface area contributed by atoms with Crippen LogP contribution in [0.2, 0.25) is 10.0 Å². The summed E-state index contributed by atoms with van der Waals surface area (Å²) in [6.45, 7) is 0.250. The van der Waals surface area contributed by atoms with Gasteiger partial charge in [0.15, 0.2) is 0 Å². The number of nitrogens with one attached hydrogen (secondary N) is 2. The molecule has 0 aliphatic heterocycles. The maximum absolute atomic E-state index is 13.5. The van der Waals surface area contributed by atoms with Gasteiger partial charge in [-0.3, -0.25) is 9.59 Å². The van der Waals surface area contributed by atoms with Crippen molar-refractivity contribution in [2.75, 3.05) is 5.32 Å². The molecule has 31 heavy (non-hydrogen) atoms. The molecule has 0 saturated carbocycles. The second kappa shape index (κ2) is 10.6. The molecular weight excluding hydrogens is 444 g/mol. The SMILES string of the molecule is O=C(N/N=C\c1ccc(OCc2ccccc2Cl)c(Cl)c1)C(=O)Nc1ccccc1F. The van der Waals surface area contributed by atoms with Gasteiger partial charge in [0.25, 0.3) is 0 Å². The van der Waals surface area contributed by atoms with Crippen molar-refractivity contribution in [1.82, 2.24) is 5.43 Å². The Morgan fingerprint density at radius 2 is 1.71 bits per heavy atom. The Morgan fingerprint density at radius 1 is 0.968 bits per heavy atom. The molecule has 0 aliphatic carbocycles. The smallest absolute Gasteiger partial charge is 0.329 e. The van der Waals surface area contributed by atoms with Gasteiger partial charge in [-0.25, -0.2) is 9.82 Å². The maximum Gasteiger partial charge on any atom is 0.329 e. The minimum atomic E-state index is -1.05. The number of carbonyl (C=O) groups is 2. The largest absolute Gasteiger partial charge is 0.487 e. The first-order valence-electron chi connectivity index (χ1n) is 8.98. The third-order valence-corrected chi connectivity index (χ3v) is 4.67. The molecule has 0 bridgehead atoms. The molecule has 3 aromatic rings. The van der Waals surface area contributed by atoms with Crippen molar-refractivity contribution in [2.45, 2.75) is 6.61 Å². The number of hydrogen-bond donors (Lipinski definition) is 2. The van der Waals surface area contributed by atoms with Crippen molar-refractivity contribution in [3.63, 3.8) is 0 Å². The number of anilines is 1. The molecule has 0 saturated heterocycles. The van der Waals surface area contributed by atoms with Crippen LogP contribution in [0.4, 0.5) is 10.1 Å². The van der Waals surface area contributed by atoms with Crippen LogP contribution in [0.15, 0.2) is 71.8 Å². The summed E-state index contributed by atoms with van der Waals surface area (Å²) in [4.78, 5) is 23.6. The fourth-order valence-corrected chi connectivity index (χ4v) is 2.88. The second-order valence-corrected chi connectivity index (χ2v) is 7.02. The van der Waals surface area contributed by atoms with E-state index in [2.05, 4.69) is 15.8 Å². The molecule has 2 amide bonds. The Labute approximate surface area is 187 Å². The van der Waals surface area contributed by atoms with Crippen LogP contribution in [0.1, 0.15) is 11.1 Å². The number of nitrogens with zero attached hydrogens (tertiary/aromatic N) is 1. The number of carbonyl (C=O) groups excluding carboxylic acids is 2. The van der Waals surface area contributed by atoms with Gasteiger partial charge in [0.2, 0.25) is 0 Å². The lowest BCUT2D eigenvalue weighted by Gasteiger charge is -2.09. The molecule has 158 valence electrons. The van der Waals surface area contributed by atoms with Crippen molar-refractivity contribution in [2.24, 2.45) is 5.10 Å². The molecule has 0 heterocycles. The number of hydrazone groups is 1. The van der Waals surface area contributed by atoms with E-state index in [4.69, 9.17) is 27.9 Å². The number of amides is 2. The van der Waals surface area contributed by atoms with Crippen LogP contribution < -0.4 is 15.5 Å². The molecule has 0 atom stereocenters. The Balaban J connectivity index is 1.54. The highest BCUT2D eigenvalue weighted by Gasteiger charge is 2.14. The van der Waals surface area contributed by atoms with Crippen molar-refractivity contribution in [3.8, 4) is 5.75 Å². The summed E-state index contributed by atoms with van der Waals surface area (Å²) in [5.41, 5.74) is 3.34. The summed E-state index contributed by atoms with van der Waals surface area (Å²) in [6.07, 6.45) is 1.30. The molecule has 2 N–H and O–H groups in total. The van der Waals surface area contributed by atoms with Gasteiger partial charge in [0, 0.05) is 10.6 Å². The van der Waals surface area contributed by atoms with Gasteiger partial charge < -0.3 is 10.1 Å². The molecule has 0 aromatic heterocycles. The topological polar surface area (TPSA) is 79.8 Å². The van der Waals surface area contributed by atoms with Crippen LogP contribution in [0.3, 0.4) is 0 Å². The average molecular weight is 460 g/mol. The molecule has 3 aromatic carbocycles. The first-order valence-corrected chi connectivity index (χ1v) is 9.74.